The lowest BCUT2D eigenvalue weighted by atomic mass is 9.77. The van der Waals surface area contributed by atoms with Crippen LogP contribution in [0.4, 0.5) is 0 Å². The summed E-state index contributed by atoms with van der Waals surface area (Å²) in [4.78, 5) is 0. The molecule has 0 bridgehead atoms. The topological polar surface area (TPSA) is 21.7 Å². The van der Waals surface area contributed by atoms with Crippen LogP contribution in [0.15, 0.2) is 128 Å². The lowest BCUT2D eigenvalue weighted by Crippen LogP contribution is -3.00. The summed E-state index contributed by atoms with van der Waals surface area (Å²) in [7, 11) is 2.00. The number of hydrogen-bond acceptors (Lipinski definition) is 1. The van der Waals surface area contributed by atoms with Crippen molar-refractivity contribution < 1.29 is 28.5 Å². The number of hydrogen-bond donors (Lipinski definition) is 0. The lowest BCUT2D eigenvalue weighted by molar-refractivity contribution is -0.673. The van der Waals surface area contributed by atoms with Crippen LogP contribution in [-0.4, -0.2) is 9.78 Å². The Balaban J connectivity index is 0.00000274. The van der Waals surface area contributed by atoms with Crippen LogP contribution in [0.25, 0.3) is 0 Å². The predicted molar refractivity (Wildman–Crippen MR) is 130 cm³/mol. The quantitative estimate of drug-likeness (QED) is 0.144. The van der Waals surface area contributed by atoms with Crippen LogP contribution in [0.5, 0.6) is 0 Å². The largest absolute Gasteiger partial charge is 1.00 e. The SMILES string of the molecule is C[n+]1ccccc1C#Cc1cnn(C(c2ccccc2)(c2ccccc2)c2ccccc2)c1.[I-]. The summed E-state index contributed by atoms with van der Waals surface area (Å²) < 4.78 is 4.06. The van der Waals surface area contributed by atoms with Gasteiger partial charge in [0.1, 0.15) is 12.6 Å². The van der Waals surface area contributed by atoms with Gasteiger partial charge in [-0.05, 0) is 22.8 Å². The summed E-state index contributed by atoms with van der Waals surface area (Å²) in [6.07, 6.45) is 5.89. The van der Waals surface area contributed by atoms with E-state index in [1.807, 2.05) is 71.3 Å². The Morgan fingerprint density at radius 2 is 1.18 bits per heavy atom. The van der Waals surface area contributed by atoms with Crippen molar-refractivity contribution in [1.29, 1.82) is 0 Å². The van der Waals surface area contributed by atoms with Crippen molar-refractivity contribution in [2.45, 2.75) is 5.54 Å². The molecular formula is C30H24IN3. The molecule has 0 N–H and O–H groups in total. The first kappa shape index (κ1) is 23.5. The molecule has 0 spiro atoms. The second kappa shape index (κ2) is 10.5. The number of rotatable bonds is 4. The van der Waals surface area contributed by atoms with Crippen LogP contribution in [0.1, 0.15) is 27.9 Å². The fourth-order valence-electron chi connectivity index (χ4n) is 4.30. The van der Waals surface area contributed by atoms with Crippen molar-refractivity contribution >= 4 is 0 Å². The monoisotopic (exact) mass is 553 g/mol. The zero-order valence-electron chi connectivity index (χ0n) is 18.8. The molecule has 2 heterocycles. The molecule has 0 amide bonds. The van der Waals surface area contributed by atoms with Gasteiger partial charge in [0.2, 0.25) is 0 Å². The van der Waals surface area contributed by atoms with E-state index in [4.69, 9.17) is 5.10 Å². The van der Waals surface area contributed by atoms with Crippen LogP contribution in [0.2, 0.25) is 0 Å². The molecular weight excluding hydrogens is 529 g/mol. The van der Waals surface area contributed by atoms with E-state index in [-0.39, 0.29) is 24.0 Å². The van der Waals surface area contributed by atoms with Crippen molar-refractivity contribution in [2.24, 2.45) is 7.05 Å². The summed E-state index contributed by atoms with van der Waals surface area (Å²) in [5.41, 5.74) is 4.61. The minimum atomic E-state index is -0.624. The van der Waals surface area contributed by atoms with Crippen LogP contribution in [0.3, 0.4) is 0 Å². The number of halogens is 1. The molecule has 5 rings (SSSR count). The molecule has 4 heteroatoms. The van der Waals surface area contributed by atoms with E-state index in [1.165, 1.54) is 0 Å². The highest BCUT2D eigenvalue weighted by molar-refractivity contribution is 5.51. The molecule has 166 valence electrons. The third-order valence-corrected chi connectivity index (χ3v) is 5.89. The van der Waals surface area contributed by atoms with Gasteiger partial charge in [-0.15, -0.1) is 0 Å². The summed E-state index contributed by atoms with van der Waals surface area (Å²) >= 11 is 0. The minimum Gasteiger partial charge on any atom is -1.00 e. The lowest BCUT2D eigenvalue weighted by Gasteiger charge is -2.36. The number of aromatic nitrogens is 3. The first-order valence-corrected chi connectivity index (χ1v) is 11.0. The van der Waals surface area contributed by atoms with Crippen LogP contribution in [-0.2, 0) is 12.6 Å². The number of nitrogens with zero attached hydrogens (tertiary/aromatic N) is 3. The van der Waals surface area contributed by atoms with E-state index in [1.54, 1.807) is 0 Å². The van der Waals surface area contributed by atoms with E-state index < -0.39 is 5.54 Å². The van der Waals surface area contributed by atoms with Crippen molar-refractivity contribution in [2.75, 3.05) is 0 Å². The second-order valence-electron chi connectivity index (χ2n) is 7.93. The van der Waals surface area contributed by atoms with Crippen molar-refractivity contribution in [3.63, 3.8) is 0 Å². The smallest absolute Gasteiger partial charge is 0.256 e. The van der Waals surface area contributed by atoms with Gasteiger partial charge in [-0.2, -0.15) is 9.67 Å². The third-order valence-electron chi connectivity index (χ3n) is 5.89. The highest BCUT2D eigenvalue weighted by Crippen LogP contribution is 2.40. The van der Waals surface area contributed by atoms with Gasteiger partial charge >= 0.3 is 0 Å². The van der Waals surface area contributed by atoms with Gasteiger partial charge in [-0.1, -0.05) is 96.9 Å². The van der Waals surface area contributed by atoms with Gasteiger partial charge in [-0.25, -0.2) is 0 Å². The molecule has 3 aromatic carbocycles. The maximum atomic E-state index is 4.86. The minimum absolute atomic E-state index is 0. The number of aryl methyl sites for hydroxylation is 1. The second-order valence-corrected chi connectivity index (χ2v) is 7.93. The zero-order valence-corrected chi connectivity index (χ0v) is 21.0. The Morgan fingerprint density at radius 3 is 1.68 bits per heavy atom. The maximum absolute atomic E-state index is 4.86. The highest BCUT2D eigenvalue weighted by atomic mass is 127. The predicted octanol–water partition coefficient (Wildman–Crippen LogP) is 1.95. The highest BCUT2D eigenvalue weighted by Gasteiger charge is 2.39. The molecule has 0 fully saturated rings. The average molecular weight is 553 g/mol. The van der Waals surface area contributed by atoms with E-state index in [2.05, 4.69) is 84.6 Å². The fourth-order valence-corrected chi connectivity index (χ4v) is 4.30. The molecule has 0 radical (unpaired) electrons. The number of pyridine rings is 1. The average Bonchev–Trinajstić information content (AvgIpc) is 3.35. The van der Waals surface area contributed by atoms with Gasteiger partial charge in [0.25, 0.3) is 5.69 Å². The van der Waals surface area contributed by atoms with Crippen molar-refractivity contribution in [1.82, 2.24) is 9.78 Å². The Kier molecular flexibility index (Phi) is 7.24. The van der Waals surface area contributed by atoms with Gasteiger partial charge in [-0.3, -0.25) is 4.68 Å². The zero-order chi connectivity index (χ0) is 22.5. The maximum Gasteiger partial charge on any atom is 0.256 e. The van der Waals surface area contributed by atoms with Gasteiger partial charge < -0.3 is 24.0 Å². The third kappa shape index (κ3) is 4.40. The Hall–Kier alpha value is -3.69. The van der Waals surface area contributed by atoms with Crippen LogP contribution < -0.4 is 28.5 Å². The molecule has 2 aromatic heterocycles. The molecule has 0 unspecified atom stereocenters. The van der Waals surface area contributed by atoms with Gasteiger partial charge in [0.15, 0.2) is 6.20 Å². The van der Waals surface area contributed by atoms with E-state index in [0.717, 1.165) is 27.9 Å². The molecule has 0 atom stereocenters. The molecule has 0 saturated carbocycles. The van der Waals surface area contributed by atoms with E-state index >= 15 is 0 Å². The Bertz CT molecular complexity index is 1320. The molecule has 0 aliphatic carbocycles. The van der Waals surface area contributed by atoms with E-state index in [9.17, 15) is 0 Å². The van der Waals surface area contributed by atoms with Gasteiger partial charge in [0.05, 0.1) is 11.8 Å². The van der Waals surface area contributed by atoms with Crippen molar-refractivity contribution in [3.05, 3.63) is 156 Å². The Morgan fingerprint density at radius 1 is 0.676 bits per heavy atom. The molecule has 34 heavy (non-hydrogen) atoms. The van der Waals surface area contributed by atoms with E-state index in [0.29, 0.717) is 0 Å². The van der Waals surface area contributed by atoms with Crippen molar-refractivity contribution in [3.8, 4) is 11.8 Å². The first-order chi connectivity index (χ1) is 16.3. The fraction of sp³-hybridized carbons (Fsp3) is 0.0667. The molecule has 3 nitrogen and oxygen atoms in total. The molecule has 5 aromatic rings. The molecule has 0 aliphatic heterocycles. The summed E-state index contributed by atoms with van der Waals surface area (Å²) in [5.74, 6) is 6.57. The normalized spacial score (nSPS) is 10.6. The van der Waals surface area contributed by atoms with Gasteiger partial charge in [0, 0.05) is 24.3 Å². The summed E-state index contributed by atoms with van der Waals surface area (Å²) in [6, 6.07) is 37.6. The van der Waals surface area contributed by atoms with Crippen LogP contribution in [0, 0.1) is 11.8 Å². The molecule has 0 aliphatic rings. The van der Waals surface area contributed by atoms with Crippen LogP contribution >= 0.6 is 0 Å². The number of benzene rings is 3. The Labute approximate surface area is 217 Å². The first-order valence-electron chi connectivity index (χ1n) is 11.0. The summed E-state index contributed by atoms with van der Waals surface area (Å²) in [5, 5.41) is 4.86. The molecule has 0 saturated heterocycles. The summed E-state index contributed by atoms with van der Waals surface area (Å²) in [6.45, 7) is 0. The standard InChI is InChI=1S/C30H24N3.HI/c1-32-22-12-11-19-29(32)21-20-25-23-31-33(24-25)30(26-13-5-2-6-14-26,27-15-7-3-8-16-27)28-17-9-4-10-18-28;/h2-19,22-24H,1H3;1H/q+1;/p-1.